The van der Waals surface area contributed by atoms with Gasteiger partial charge in [0.15, 0.2) is 0 Å². The van der Waals surface area contributed by atoms with Crippen molar-refractivity contribution in [3.8, 4) is 5.75 Å². The summed E-state index contributed by atoms with van der Waals surface area (Å²) in [6, 6.07) is 10.5. The van der Waals surface area contributed by atoms with Gasteiger partial charge in [-0.1, -0.05) is 18.2 Å². The van der Waals surface area contributed by atoms with E-state index in [0.717, 1.165) is 10.6 Å². The highest BCUT2D eigenvalue weighted by molar-refractivity contribution is 8.00. The third-order valence-corrected chi connectivity index (χ3v) is 7.82. The largest absolute Gasteiger partial charge is 0.494 e. The molecule has 3 rings (SSSR count). The van der Waals surface area contributed by atoms with Crippen LogP contribution in [-0.4, -0.2) is 58.3 Å². The first-order valence-corrected chi connectivity index (χ1v) is 13.1. The molecule has 0 radical (unpaired) electrons. The third kappa shape index (κ3) is 7.46. The first-order chi connectivity index (χ1) is 16.7. The van der Waals surface area contributed by atoms with Crippen LogP contribution in [0.1, 0.15) is 37.1 Å². The maximum atomic E-state index is 13.0. The van der Waals surface area contributed by atoms with Gasteiger partial charge >= 0.3 is 0 Å². The number of benzene rings is 1. The average Bonchev–Trinajstić information content (AvgIpc) is 3.43. The van der Waals surface area contributed by atoms with Gasteiger partial charge in [-0.15, -0.1) is 23.1 Å². The molecule has 35 heavy (non-hydrogen) atoms. The molecule has 1 atom stereocenters. The molecule has 1 aromatic heterocycles. The van der Waals surface area contributed by atoms with E-state index in [0.29, 0.717) is 24.5 Å². The fraction of sp³-hybridized carbons (Fsp3) is 0.417. The van der Waals surface area contributed by atoms with E-state index >= 15 is 0 Å². The molecule has 3 amide bonds. The number of thiophene rings is 1. The van der Waals surface area contributed by atoms with Crippen LogP contribution < -0.4 is 21.1 Å². The number of nitrogens with two attached hydrogens (primary N) is 1. The van der Waals surface area contributed by atoms with Gasteiger partial charge in [-0.2, -0.15) is 0 Å². The van der Waals surface area contributed by atoms with Crippen LogP contribution in [0.3, 0.4) is 0 Å². The van der Waals surface area contributed by atoms with E-state index in [1.165, 1.54) is 28.0 Å². The third-order valence-electron chi connectivity index (χ3n) is 5.51. The lowest BCUT2D eigenvalue weighted by Gasteiger charge is -2.30. The normalized spacial score (nSPS) is 16.5. The minimum absolute atomic E-state index is 0.0188. The zero-order valence-electron chi connectivity index (χ0n) is 19.8. The number of carbonyl (C=O) groups excluding carboxylic acids is 3. The number of ether oxygens (including phenoxy) is 1. The number of nitrogens with one attached hydrogen (secondary N) is 3. The predicted octanol–water partition coefficient (Wildman–Crippen LogP) is 2.30. The smallest absolute Gasteiger partial charge is 0.244 e. The Labute approximate surface area is 213 Å². The second-order valence-electron chi connectivity index (χ2n) is 8.62. The number of hydrogen-bond acceptors (Lipinski definition) is 7. The molecule has 9 nitrogen and oxygen atoms in total. The number of amides is 3. The maximum absolute atomic E-state index is 13.0. The number of rotatable bonds is 11. The Morgan fingerprint density at radius 1 is 1.23 bits per heavy atom. The second kappa shape index (κ2) is 12.1. The molecular formula is C24H31N5O4S2. The number of hydrogen-bond donors (Lipinski definition) is 4. The Hall–Kier alpha value is -3.05. The number of carbonyl (C=O) groups is 3. The van der Waals surface area contributed by atoms with E-state index in [4.69, 9.17) is 15.9 Å². The summed E-state index contributed by atoms with van der Waals surface area (Å²) in [5, 5.41) is 14.8. The van der Waals surface area contributed by atoms with Crippen LogP contribution in [0.5, 0.6) is 5.75 Å². The lowest BCUT2D eigenvalue weighted by molar-refractivity contribution is -0.139. The SMILES string of the molecule is CC1(C)SCN(C(=O)CNC(=O)CCCOc2ccccc2)[C@@H]1C(=O)NCc1cc(C(=N)N)cs1. The van der Waals surface area contributed by atoms with Crippen LogP contribution in [-0.2, 0) is 20.9 Å². The Morgan fingerprint density at radius 3 is 2.66 bits per heavy atom. The molecule has 2 heterocycles. The Bertz CT molecular complexity index is 1060. The number of para-hydroxylation sites is 1. The van der Waals surface area contributed by atoms with Crippen molar-refractivity contribution in [3.05, 3.63) is 52.2 Å². The van der Waals surface area contributed by atoms with Crippen LogP contribution in [0.4, 0.5) is 0 Å². The Morgan fingerprint density at radius 2 is 1.97 bits per heavy atom. The van der Waals surface area contributed by atoms with E-state index in [-0.39, 0.29) is 43.1 Å². The van der Waals surface area contributed by atoms with Crippen LogP contribution >= 0.6 is 23.1 Å². The summed E-state index contributed by atoms with van der Waals surface area (Å²) in [6.45, 7) is 4.39. The monoisotopic (exact) mass is 517 g/mol. The molecule has 1 aromatic carbocycles. The molecule has 1 fully saturated rings. The van der Waals surface area contributed by atoms with Gasteiger partial charge in [0.25, 0.3) is 0 Å². The average molecular weight is 518 g/mol. The Balaban J connectivity index is 1.45. The molecule has 0 saturated carbocycles. The fourth-order valence-electron chi connectivity index (χ4n) is 3.63. The molecule has 2 aromatic rings. The van der Waals surface area contributed by atoms with Gasteiger partial charge in [-0.05, 0) is 38.5 Å². The lowest BCUT2D eigenvalue weighted by Crippen LogP contribution is -2.54. The summed E-state index contributed by atoms with van der Waals surface area (Å²) in [5.74, 6) is 0.316. The van der Waals surface area contributed by atoms with E-state index in [2.05, 4.69) is 10.6 Å². The number of nitrogen functional groups attached to an aromatic ring is 1. The highest BCUT2D eigenvalue weighted by Gasteiger charge is 2.47. The van der Waals surface area contributed by atoms with Crippen LogP contribution in [0.2, 0.25) is 0 Å². The van der Waals surface area contributed by atoms with Crippen LogP contribution in [0, 0.1) is 5.41 Å². The van der Waals surface area contributed by atoms with E-state index in [1.807, 2.05) is 44.2 Å². The molecule has 11 heteroatoms. The lowest BCUT2D eigenvalue weighted by atomic mass is 10.0. The summed E-state index contributed by atoms with van der Waals surface area (Å²) >= 11 is 2.93. The molecule has 0 aliphatic carbocycles. The second-order valence-corrected chi connectivity index (χ2v) is 11.2. The molecule has 1 aliphatic rings. The van der Waals surface area contributed by atoms with Crippen LogP contribution in [0.15, 0.2) is 41.8 Å². The zero-order chi connectivity index (χ0) is 25.4. The van der Waals surface area contributed by atoms with Crippen molar-refractivity contribution in [2.24, 2.45) is 5.73 Å². The van der Waals surface area contributed by atoms with Gasteiger partial charge in [0, 0.05) is 27.0 Å². The van der Waals surface area contributed by atoms with E-state index in [9.17, 15) is 14.4 Å². The van der Waals surface area contributed by atoms with E-state index in [1.54, 1.807) is 11.4 Å². The Kier molecular flexibility index (Phi) is 9.16. The van der Waals surface area contributed by atoms with Gasteiger partial charge in [0.2, 0.25) is 17.7 Å². The van der Waals surface area contributed by atoms with Gasteiger partial charge in [0.1, 0.15) is 17.6 Å². The van der Waals surface area contributed by atoms with Gasteiger partial charge in [-0.25, -0.2) is 0 Å². The molecule has 1 saturated heterocycles. The summed E-state index contributed by atoms with van der Waals surface area (Å²) < 4.78 is 5.10. The quantitative estimate of drug-likeness (QED) is 0.205. The van der Waals surface area contributed by atoms with Gasteiger partial charge < -0.3 is 26.0 Å². The molecular weight excluding hydrogens is 486 g/mol. The van der Waals surface area contributed by atoms with E-state index < -0.39 is 10.8 Å². The zero-order valence-corrected chi connectivity index (χ0v) is 21.5. The summed E-state index contributed by atoms with van der Waals surface area (Å²) in [6.07, 6.45) is 0.772. The highest BCUT2D eigenvalue weighted by Crippen LogP contribution is 2.39. The first-order valence-electron chi connectivity index (χ1n) is 11.2. The summed E-state index contributed by atoms with van der Waals surface area (Å²) in [4.78, 5) is 40.5. The van der Waals surface area contributed by atoms with Gasteiger partial charge in [0.05, 0.1) is 25.6 Å². The minimum Gasteiger partial charge on any atom is -0.494 e. The minimum atomic E-state index is -0.664. The van der Waals surface area contributed by atoms with Crippen molar-refractivity contribution >= 4 is 46.7 Å². The highest BCUT2D eigenvalue weighted by atomic mass is 32.2. The predicted molar refractivity (Wildman–Crippen MR) is 139 cm³/mol. The van der Waals surface area contributed by atoms with Crippen LogP contribution in [0.25, 0.3) is 0 Å². The van der Waals surface area contributed by atoms with Crippen molar-refractivity contribution in [2.75, 3.05) is 19.0 Å². The summed E-state index contributed by atoms with van der Waals surface area (Å²) in [7, 11) is 0. The topological polar surface area (TPSA) is 138 Å². The van der Waals surface area contributed by atoms with Crippen molar-refractivity contribution in [1.29, 1.82) is 5.41 Å². The molecule has 0 bridgehead atoms. The van der Waals surface area contributed by atoms with Crippen molar-refractivity contribution in [2.45, 2.75) is 44.0 Å². The molecule has 5 N–H and O–H groups in total. The van der Waals surface area contributed by atoms with Crippen molar-refractivity contribution in [3.63, 3.8) is 0 Å². The molecule has 188 valence electrons. The van der Waals surface area contributed by atoms with Crippen molar-refractivity contribution < 1.29 is 19.1 Å². The van der Waals surface area contributed by atoms with Crippen molar-refractivity contribution in [1.82, 2.24) is 15.5 Å². The number of nitrogens with zero attached hydrogens (tertiary/aromatic N) is 1. The molecule has 1 aliphatic heterocycles. The van der Waals surface area contributed by atoms with Gasteiger partial charge in [-0.3, -0.25) is 19.8 Å². The molecule has 0 unspecified atom stereocenters. The standard InChI is InChI=1S/C24H31N5O4S2/c1-24(2)21(23(32)28-12-18-11-16(14-34-18)22(25)26)29(15-35-24)20(31)13-27-19(30)9-6-10-33-17-7-4-3-5-8-17/h3-5,7-8,11,14,21H,6,9-10,12-13,15H2,1-2H3,(H3,25,26)(H,27,30)(H,28,32)/t21-/m1/s1. The summed E-state index contributed by atoms with van der Waals surface area (Å²) in [5.41, 5.74) is 6.12. The number of amidine groups is 1. The first kappa shape index (κ1) is 26.6. The maximum Gasteiger partial charge on any atom is 0.244 e. The number of thioether (sulfide) groups is 1. The molecule has 0 spiro atoms. The fourth-order valence-corrected chi connectivity index (χ4v) is 5.61.